The predicted octanol–water partition coefficient (Wildman–Crippen LogP) is 3.83. The first-order valence-electron chi connectivity index (χ1n) is 8.88. The Kier molecular flexibility index (Phi) is 5.56. The van der Waals surface area contributed by atoms with Crippen molar-refractivity contribution in [1.29, 1.82) is 0 Å². The van der Waals surface area contributed by atoms with E-state index in [1.807, 2.05) is 30.3 Å². The second-order valence-electron chi connectivity index (χ2n) is 6.10. The molecule has 0 aliphatic heterocycles. The Morgan fingerprint density at radius 1 is 1.00 bits per heavy atom. The zero-order valence-corrected chi connectivity index (χ0v) is 15.1. The molecule has 0 fully saturated rings. The molecule has 0 spiro atoms. The van der Waals surface area contributed by atoms with E-state index in [0.29, 0.717) is 6.04 Å². The van der Waals surface area contributed by atoms with E-state index in [-0.39, 0.29) is 0 Å². The lowest BCUT2D eigenvalue weighted by Crippen LogP contribution is -2.37. The first-order chi connectivity index (χ1) is 12.2. The molecule has 1 aromatic carbocycles. The van der Waals surface area contributed by atoms with E-state index in [2.05, 4.69) is 42.0 Å². The molecule has 3 aromatic rings. The number of aromatic nitrogens is 3. The summed E-state index contributed by atoms with van der Waals surface area (Å²) in [4.78, 5) is 16.0. The van der Waals surface area contributed by atoms with Crippen molar-refractivity contribution in [3.05, 3.63) is 48.8 Å². The lowest BCUT2D eigenvalue weighted by Gasteiger charge is -2.26. The van der Waals surface area contributed by atoms with Gasteiger partial charge in [-0.1, -0.05) is 26.0 Å². The van der Waals surface area contributed by atoms with Gasteiger partial charge in [0.1, 0.15) is 5.82 Å². The summed E-state index contributed by atoms with van der Waals surface area (Å²) >= 11 is 0. The van der Waals surface area contributed by atoms with Gasteiger partial charge < -0.3 is 5.32 Å². The quantitative estimate of drug-likeness (QED) is 0.711. The average molecular weight is 335 g/mol. The van der Waals surface area contributed by atoms with Crippen LogP contribution in [0, 0.1) is 0 Å². The third kappa shape index (κ3) is 3.94. The van der Waals surface area contributed by atoms with Crippen LogP contribution in [0.25, 0.3) is 22.3 Å². The number of benzene rings is 1. The molecule has 0 aliphatic rings. The number of pyridine rings is 1. The lowest BCUT2D eigenvalue weighted by atomic mass is 10.2. The molecule has 5 nitrogen and oxygen atoms in total. The summed E-state index contributed by atoms with van der Waals surface area (Å²) in [6.07, 6.45) is 3.53. The molecule has 1 unspecified atom stereocenters. The fourth-order valence-electron chi connectivity index (χ4n) is 3.06. The summed E-state index contributed by atoms with van der Waals surface area (Å²) in [7, 11) is 0. The summed E-state index contributed by atoms with van der Waals surface area (Å²) in [5, 5.41) is 4.59. The topological polar surface area (TPSA) is 53.9 Å². The van der Waals surface area contributed by atoms with Gasteiger partial charge in [-0.05, 0) is 44.3 Å². The minimum atomic E-state index is 0.438. The minimum Gasteiger partial charge on any atom is -0.368 e. The van der Waals surface area contributed by atoms with Crippen molar-refractivity contribution in [2.45, 2.75) is 26.8 Å². The van der Waals surface area contributed by atoms with E-state index in [4.69, 9.17) is 9.97 Å². The average Bonchev–Trinajstić information content (AvgIpc) is 2.67. The largest absolute Gasteiger partial charge is 0.368 e. The van der Waals surface area contributed by atoms with Crippen LogP contribution in [-0.2, 0) is 0 Å². The number of hydrogen-bond donors (Lipinski definition) is 1. The van der Waals surface area contributed by atoms with Gasteiger partial charge in [0.2, 0.25) is 0 Å². The summed E-state index contributed by atoms with van der Waals surface area (Å²) < 4.78 is 0. The van der Waals surface area contributed by atoms with Crippen LogP contribution in [0.15, 0.2) is 48.8 Å². The monoisotopic (exact) mass is 335 g/mol. The molecular weight excluding hydrogens is 310 g/mol. The number of para-hydroxylation sites is 1. The van der Waals surface area contributed by atoms with Gasteiger partial charge in [0.05, 0.1) is 5.52 Å². The van der Waals surface area contributed by atoms with Crippen LogP contribution in [0.2, 0.25) is 0 Å². The summed E-state index contributed by atoms with van der Waals surface area (Å²) in [5.74, 6) is 1.61. The van der Waals surface area contributed by atoms with Crippen LogP contribution in [0.3, 0.4) is 0 Å². The second-order valence-corrected chi connectivity index (χ2v) is 6.10. The predicted molar refractivity (Wildman–Crippen MR) is 104 cm³/mol. The maximum Gasteiger partial charge on any atom is 0.162 e. The molecule has 130 valence electrons. The number of nitrogens with zero attached hydrogens (tertiary/aromatic N) is 4. The van der Waals surface area contributed by atoms with Crippen molar-refractivity contribution in [1.82, 2.24) is 19.9 Å². The molecule has 1 N–H and O–H groups in total. The Morgan fingerprint density at radius 3 is 2.44 bits per heavy atom. The van der Waals surface area contributed by atoms with Crippen LogP contribution < -0.4 is 5.32 Å². The highest BCUT2D eigenvalue weighted by Crippen LogP contribution is 2.24. The molecule has 0 saturated heterocycles. The van der Waals surface area contributed by atoms with Crippen molar-refractivity contribution in [3.8, 4) is 11.4 Å². The number of rotatable bonds is 7. The van der Waals surface area contributed by atoms with E-state index in [9.17, 15) is 0 Å². The van der Waals surface area contributed by atoms with Gasteiger partial charge in [-0.3, -0.25) is 9.88 Å². The zero-order chi connectivity index (χ0) is 17.6. The zero-order valence-electron chi connectivity index (χ0n) is 15.1. The molecule has 0 amide bonds. The Labute approximate surface area is 149 Å². The van der Waals surface area contributed by atoms with Crippen LogP contribution >= 0.6 is 0 Å². The Hall–Kier alpha value is -2.53. The molecule has 3 rings (SSSR count). The van der Waals surface area contributed by atoms with E-state index in [1.54, 1.807) is 12.4 Å². The minimum absolute atomic E-state index is 0.438. The molecule has 2 heterocycles. The van der Waals surface area contributed by atoms with Gasteiger partial charge >= 0.3 is 0 Å². The van der Waals surface area contributed by atoms with Crippen molar-refractivity contribution in [3.63, 3.8) is 0 Å². The highest BCUT2D eigenvalue weighted by Gasteiger charge is 2.13. The standard InChI is InChI=1S/C20H25N5/c1-4-25(5-2)15(3)14-22-20-17-8-6-7-9-18(17)23-19(24-20)16-10-12-21-13-11-16/h6-13,15H,4-5,14H2,1-3H3,(H,22,23,24). The summed E-state index contributed by atoms with van der Waals surface area (Å²) in [6.45, 7) is 9.58. The first kappa shape index (κ1) is 17.3. The lowest BCUT2D eigenvalue weighted by molar-refractivity contribution is 0.240. The van der Waals surface area contributed by atoms with E-state index < -0.39 is 0 Å². The second kappa shape index (κ2) is 8.03. The fraction of sp³-hybridized carbons (Fsp3) is 0.350. The molecular formula is C20H25N5. The first-order valence-corrected chi connectivity index (χ1v) is 8.88. The van der Waals surface area contributed by atoms with E-state index in [1.165, 1.54) is 0 Å². The van der Waals surface area contributed by atoms with Crippen molar-refractivity contribution in [2.75, 3.05) is 25.0 Å². The van der Waals surface area contributed by atoms with Crippen molar-refractivity contribution < 1.29 is 0 Å². The summed E-state index contributed by atoms with van der Waals surface area (Å²) in [5.41, 5.74) is 1.92. The number of anilines is 1. The number of hydrogen-bond acceptors (Lipinski definition) is 5. The summed E-state index contributed by atoms with van der Waals surface area (Å²) in [6, 6.07) is 12.4. The number of likely N-dealkylation sites (N-methyl/N-ethyl adjacent to an activating group) is 1. The molecule has 1 atom stereocenters. The third-order valence-corrected chi connectivity index (χ3v) is 4.54. The maximum absolute atomic E-state index is 4.79. The van der Waals surface area contributed by atoms with Crippen LogP contribution in [0.4, 0.5) is 5.82 Å². The van der Waals surface area contributed by atoms with Gasteiger partial charge in [-0.25, -0.2) is 9.97 Å². The fourth-order valence-corrected chi connectivity index (χ4v) is 3.06. The van der Waals surface area contributed by atoms with Gasteiger partial charge in [-0.2, -0.15) is 0 Å². The molecule has 0 aliphatic carbocycles. The van der Waals surface area contributed by atoms with Crippen molar-refractivity contribution >= 4 is 16.7 Å². The molecule has 0 radical (unpaired) electrons. The number of nitrogens with one attached hydrogen (secondary N) is 1. The van der Waals surface area contributed by atoms with Crippen LogP contribution in [-0.4, -0.2) is 45.5 Å². The van der Waals surface area contributed by atoms with Crippen molar-refractivity contribution in [2.24, 2.45) is 0 Å². The van der Waals surface area contributed by atoms with Crippen LogP contribution in [0.5, 0.6) is 0 Å². The molecule has 0 saturated carbocycles. The molecule has 2 aromatic heterocycles. The molecule has 0 bridgehead atoms. The normalized spacial score (nSPS) is 12.5. The van der Waals surface area contributed by atoms with Gasteiger partial charge in [0, 0.05) is 35.9 Å². The third-order valence-electron chi connectivity index (χ3n) is 4.54. The van der Waals surface area contributed by atoms with Gasteiger partial charge in [0.15, 0.2) is 5.82 Å². The smallest absolute Gasteiger partial charge is 0.162 e. The van der Waals surface area contributed by atoms with E-state index >= 15 is 0 Å². The highest BCUT2D eigenvalue weighted by atomic mass is 15.2. The van der Waals surface area contributed by atoms with Crippen LogP contribution in [0.1, 0.15) is 20.8 Å². The molecule has 5 heteroatoms. The maximum atomic E-state index is 4.79. The highest BCUT2D eigenvalue weighted by molar-refractivity contribution is 5.90. The Morgan fingerprint density at radius 2 is 1.72 bits per heavy atom. The molecule has 25 heavy (non-hydrogen) atoms. The van der Waals surface area contributed by atoms with Gasteiger partial charge in [0.25, 0.3) is 0 Å². The number of fused-ring (bicyclic) bond motifs is 1. The van der Waals surface area contributed by atoms with Gasteiger partial charge in [-0.15, -0.1) is 0 Å². The van der Waals surface area contributed by atoms with E-state index in [0.717, 1.165) is 47.7 Å². The SMILES string of the molecule is CCN(CC)C(C)CNc1nc(-c2ccncc2)nc2ccccc12. The Balaban J connectivity index is 1.93. The Bertz CT molecular complexity index is 815.